The maximum atomic E-state index is 12.3. The van der Waals surface area contributed by atoms with Crippen molar-refractivity contribution < 1.29 is 8.42 Å². The van der Waals surface area contributed by atoms with E-state index in [2.05, 4.69) is 9.71 Å². The van der Waals surface area contributed by atoms with Gasteiger partial charge in [0.1, 0.15) is 4.90 Å². The van der Waals surface area contributed by atoms with E-state index < -0.39 is 10.0 Å². The number of nitrogens with two attached hydrogens (primary N) is 1. The van der Waals surface area contributed by atoms with Crippen LogP contribution in [0, 0.1) is 6.92 Å². The fourth-order valence-corrected chi connectivity index (χ4v) is 4.15. The number of nitrogens with one attached hydrogen (secondary N) is 1. The zero-order chi connectivity index (χ0) is 15.6. The van der Waals surface area contributed by atoms with Gasteiger partial charge in [0.2, 0.25) is 10.0 Å². The molecule has 0 saturated carbocycles. The summed E-state index contributed by atoms with van der Waals surface area (Å²) in [7, 11) is -3.76. The molecule has 9 heteroatoms. The average molecular weight is 366 g/mol. The van der Waals surface area contributed by atoms with E-state index in [9.17, 15) is 8.42 Å². The van der Waals surface area contributed by atoms with E-state index in [0.29, 0.717) is 16.3 Å². The second-order valence-electron chi connectivity index (χ2n) is 4.26. The van der Waals surface area contributed by atoms with Crippen LogP contribution in [0.15, 0.2) is 22.4 Å². The Morgan fingerprint density at radius 1 is 1.33 bits per heavy atom. The number of aryl methyl sites for hydroxylation is 1. The van der Waals surface area contributed by atoms with E-state index in [-0.39, 0.29) is 23.0 Å². The van der Waals surface area contributed by atoms with E-state index in [1.54, 1.807) is 5.38 Å². The Kier molecular flexibility index (Phi) is 5.24. The van der Waals surface area contributed by atoms with Gasteiger partial charge in [-0.15, -0.1) is 11.3 Å². The molecule has 0 spiro atoms. The number of nitrogens with zero attached hydrogens (tertiary/aromatic N) is 1. The Labute approximate surface area is 137 Å². The molecule has 2 aromatic rings. The lowest BCUT2D eigenvalue weighted by molar-refractivity contribution is 0.580. The van der Waals surface area contributed by atoms with Gasteiger partial charge in [0.15, 0.2) is 0 Å². The topological polar surface area (TPSA) is 85.1 Å². The molecular formula is C12H13Cl2N3O2S2. The van der Waals surface area contributed by atoms with Crippen LogP contribution < -0.4 is 10.5 Å². The van der Waals surface area contributed by atoms with Crippen molar-refractivity contribution in [3.8, 4) is 0 Å². The molecule has 0 unspecified atom stereocenters. The van der Waals surface area contributed by atoms with Gasteiger partial charge >= 0.3 is 0 Å². The molecular weight excluding hydrogens is 353 g/mol. The predicted octanol–water partition coefficient (Wildman–Crippen LogP) is 2.70. The van der Waals surface area contributed by atoms with Gasteiger partial charge in [-0.05, 0) is 24.6 Å². The van der Waals surface area contributed by atoms with Crippen LogP contribution >= 0.6 is 34.5 Å². The van der Waals surface area contributed by atoms with Crippen molar-refractivity contribution in [2.75, 3.05) is 0 Å². The lowest BCUT2D eigenvalue weighted by atomic mass is 10.2. The number of hydrogen-bond acceptors (Lipinski definition) is 5. The highest BCUT2D eigenvalue weighted by atomic mass is 35.5. The number of aromatic nitrogens is 1. The van der Waals surface area contributed by atoms with Crippen molar-refractivity contribution in [2.45, 2.75) is 24.9 Å². The quantitative estimate of drug-likeness (QED) is 0.852. The standard InChI is InChI=1S/C12H13Cl2N3O2S2/c1-7-17-9(6-20-7)5-16-21(18,19)12-2-8(4-15)10(13)3-11(12)14/h2-3,6,16H,4-5,15H2,1H3. The van der Waals surface area contributed by atoms with Crippen LogP contribution in [0.25, 0.3) is 0 Å². The van der Waals surface area contributed by atoms with Crippen LogP contribution in [0.1, 0.15) is 16.3 Å². The summed E-state index contributed by atoms with van der Waals surface area (Å²) in [5.41, 5.74) is 6.71. The highest BCUT2D eigenvalue weighted by molar-refractivity contribution is 7.89. The number of sulfonamides is 1. The van der Waals surface area contributed by atoms with Crippen LogP contribution in [-0.2, 0) is 23.1 Å². The zero-order valence-corrected chi connectivity index (χ0v) is 14.2. The van der Waals surface area contributed by atoms with Crippen LogP contribution in [0.3, 0.4) is 0 Å². The monoisotopic (exact) mass is 365 g/mol. The van der Waals surface area contributed by atoms with E-state index in [4.69, 9.17) is 28.9 Å². The summed E-state index contributed by atoms with van der Waals surface area (Å²) in [5.74, 6) is 0. The Balaban J connectivity index is 2.27. The van der Waals surface area contributed by atoms with Gasteiger partial charge in [0, 0.05) is 16.9 Å². The van der Waals surface area contributed by atoms with Gasteiger partial charge in [-0.3, -0.25) is 0 Å². The number of thiazole rings is 1. The average Bonchev–Trinajstić information content (AvgIpc) is 2.82. The summed E-state index contributed by atoms with van der Waals surface area (Å²) in [4.78, 5) is 4.15. The minimum Gasteiger partial charge on any atom is -0.326 e. The van der Waals surface area contributed by atoms with Gasteiger partial charge in [0.25, 0.3) is 0 Å². The molecule has 0 aliphatic carbocycles. The smallest absolute Gasteiger partial charge is 0.242 e. The lowest BCUT2D eigenvalue weighted by Crippen LogP contribution is -2.24. The first-order valence-corrected chi connectivity index (χ1v) is 9.04. The molecule has 0 bridgehead atoms. The summed E-state index contributed by atoms with van der Waals surface area (Å²) in [6, 6.07) is 2.77. The summed E-state index contributed by atoms with van der Waals surface area (Å²) >= 11 is 13.4. The molecule has 1 heterocycles. The largest absolute Gasteiger partial charge is 0.326 e. The minimum absolute atomic E-state index is 0.0408. The van der Waals surface area contributed by atoms with Crippen LogP contribution in [0.4, 0.5) is 0 Å². The summed E-state index contributed by atoms with van der Waals surface area (Å²) in [6.45, 7) is 2.08. The lowest BCUT2D eigenvalue weighted by Gasteiger charge is -2.10. The summed E-state index contributed by atoms with van der Waals surface area (Å²) in [6.07, 6.45) is 0. The van der Waals surface area contributed by atoms with Gasteiger partial charge in [-0.25, -0.2) is 18.1 Å². The molecule has 0 atom stereocenters. The van der Waals surface area contributed by atoms with Crippen LogP contribution in [-0.4, -0.2) is 13.4 Å². The van der Waals surface area contributed by atoms with Crippen molar-refractivity contribution in [1.82, 2.24) is 9.71 Å². The molecule has 0 radical (unpaired) electrons. The third kappa shape index (κ3) is 3.94. The second kappa shape index (κ2) is 6.60. The minimum atomic E-state index is -3.76. The second-order valence-corrected chi connectivity index (χ2v) is 7.87. The first-order valence-electron chi connectivity index (χ1n) is 5.92. The van der Waals surface area contributed by atoms with Crippen molar-refractivity contribution in [1.29, 1.82) is 0 Å². The first kappa shape index (κ1) is 16.7. The van der Waals surface area contributed by atoms with Gasteiger partial charge in [0.05, 0.1) is 22.3 Å². The normalized spacial score (nSPS) is 11.8. The van der Waals surface area contributed by atoms with Crippen LogP contribution in [0.2, 0.25) is 10.0 Å². The number of halogens is 2. The Hall–Kier alpha value is -0.700. The van der Waals surface area contributed by atoms with E-state index in [1.807, 2.05) is 6.92 Å². The summed E-state index contributed by atoms with van der Waals surface area (Å²) in [5, 5.41) is 3.07. The zero-order valence-electron chi connectivity index (χ0n) is 11.1. The molecule has 0 fully saturated rings. The molecule has 0 amide bonds. The molecule has 1 aromatic heterocycles. The number of benzene rings is 1. The molecule has 5 nitrogen and oxygen atoms in total. The highest BCUT2D eigenvalue weighted by Gasteiger charge is 2.20. The first-order chi connectivity index (χ1) is 9.83. The molecule has 3 N–H and O–H groups in total. The van der Waals surface area contributed by atoms with Crippen molar-refractivity contribution in [3.05, 3.63) is 43.8 Å². The third-order valence-corrected chi connectivity index (χ3v) is 5.76. The van der Waals surface area contributed by atoms with E-state index in [0.717, 1.165) is 5.01 Å². The SMILES string of the molecule is Cc1nc(CNS(=O)(=O)c2cc(CN)c(Cl)cc2Cl)cs1. The molecule has 21 heavy (non-hydrogen) atoms. The van der Waals surface area contributed by atoms with Crippen molar-refractivity contribution >= 4 is 44.6 Å². The number of hydrogen-bond donors (Lipinski definition) is 2. The Morgan fingerprint density at radius 2 is 2.05 bits per heavy atom. The fourth-order valence-electron chi connectivity index (χ4n) is 1.67. The predicted molar refractivity (Wildman–Crippen MR) is 85.2 cm³/mol. The molecule has 0 saturated heterocycles. The molecule has 2 rings (SSSR count). The van der Waals surface area contributed by atoms with Gasteiger partial charge < -0.3 is 5.73 Å². The number of rotatable bonds is 5. The fraction of sp³-hybridized carbons (Fsp3) is 0.250. The molecule has 114 valence electrons. The molecule has 1 aromatic carbocycles. The highest BCUT2D eigenvalue weighted by Crippen LogP contribution is 2.28. The maximum Gasteiger partial charge on any atom is 0.242 e. The summed E-state index contributed by atoms with van der Waals surface area (Å²) < 4.78 is 27.1. The third-order valence-electron chi connectivity index (χ3n) is 2.72. The van der Waals surface area contributed by atoms with E-state index in [1.165, 1.54) is 23.5 Å². The molecule has 0 aliphatic heterocycles. The van der Waals surface area contributed by atoms with E-state index >= 15 is 0 Å². The van der Waals surface area contributed by atoms with Gasteiger partial charge in [-0.2, -0.15) is 0 Å². The van der Waals surface area contributed by atoms with Crippen LogP contribution in [0.5, 0.6) is 0 Å². The molecule has 0 aliphatic rings. The van der Waals surface area contributed by atoms with Crippen molar-refractivity contribution in [3.63, 3.8) is 0 Å². The van der Waals surface area contributed by atoms with Gasteiger partial charge in [-0.1, -0.05) is 23.2 Å². The maximum absolute atomic E-state index is 12.3. The van der Waals surface area contributed by atoms with Crippen molar-refractivity contribution in [2.24, 2.45) is 5.73 Å². The Morgan fingerprint density at radius 3 is 2.62 bits per heavy atom. The Bertz CT molecular complexity index is 760.